The third-order valence-corrected chi connectivity index (χ3v) is 2.95. The lowest BCUT2D eigenvalue weighted by molar-refractivity contribution is 0.510. The van der Waals surface area contributed by atoms with Crippen molar-refractivity contribution in [1.82, 2.24) is 15.0 Å². The summed E-state index contributed by atoms with van der Waals surface area (Å²) in [7, 11) is 0. The average molecular weight is 254 g/mol. The summed E-state index contributed by atoms with van der Waals surface area (Å²) in [6, 6.07) is 0. The van der Waals surface area contributed by atoms with Crippen molar-refractivity contribution in [3.05, 3.63) is 11.4 Å². The number of hydrogen-bond acceptors (Lipinski definition) is 3. The van der Waals surface area contributed by atoms with Gasteiger partial charge in [0.15, 0.2) is 0 Å². The van der Waals surface area contributed by atoms with E-state index in [0.717, 1.165) is 37.9 Å². The van der Waals surface area contributed by atoms with Crippen molar-refractivity contribution in [3.63, 3.8) is 0 Å². The van der Waals surface area contributed by atoms with Crippen molar-refractivity contribution in [2.45, 2.75) is 53.0 Å². The van der Waals surface area contributed by atoms with Crippen LogP contribution in [0.2, 0.25) is 0 Å². The van der Waals surface area contributed by atoms with Crippen molar-refractivity contribution in [2.24, 2.45) is 11.7 Å². The molecule has 1 rings (SSSR count). The van der Waals surface area contributed by atoms with E-state index in [1.165, 1.54) is 0 Å². The Morgan fingerprint density at radius 3 is 2.71 bits per heavy atom. The predicted octanol–water partition coefficient (Wildman–Crippen LogP) is 2.30. The molecule has 0 aliphatic rings. The first-order valence-electron chi connectivity index (χ1n) is 6.28. The first-order valence-corrected chi connectivity index (χ1v) is 6.69. The molecule has 4 nitrogen and oxygen atoms in total. The Kier molecular flexibility index (Phi) is 5.55. The van der Waals surface area contributed by atoms with Crippen molar-refractivity contribution >= 4 is 17.2 Å². The molecular formula is C12H22N4S. The van der Waals surface area contributed by atoms with Crippen LogP contribution in [0.4, 0.5) is 0 Å². The van der Waals surface area contributed by atoms with E-state index < -0.39 is 0 Å². The van der Waals surface area contributed by atoms with E-state index in [1.54, 1.807) is 0 Å². The van der Waals surface area contributed by atoms with Crippen LogP contribution in [0.25, 0.3) is 0 Å². The summed E-state index contributed by atoms with van der Waals surface area (Å²) in [5.41, 5.74) is 7.48. The second-order valence-electron chi connectivity index (χ2n) is 4.76. The smallest absolute Gasteiger partial charge is 0.143 e. The molecule has 0 spiro atoms. The summed E-state index contributed by atoms with van der Waals surface area (Å²) in [4.78, 5) is 0.353. The van der Waals surface area contributed by atoms with Crippen LogP contribution < -0.4 is 5.73 Å². The molecule has 0 unspecified atom stereocenters. The van der Waals surface area contributed by atoms with E-state index in [0.29, 0.717) is 16.6 Å². The van der Waals surface area contributed by atoms with Crippen LogP contribution in [0, 0.1) is 5.92 Å². The second-order valence-corrected chi connectivity index (χ2v) is 5.20. The summed E-state index contributed by atoms with van der Waals surface area (Å²) >= 11 is 5.02. The predicted molar refractivity (Wildman–Crippen MR) is 74.0 cm³/mol. The number of aryl methyl sites for hydroxylation is 1. The number of rotatable bonds is 7. The quantitative estimate of drug-likeness (QED) is 0.759. The Morgan fingerprint density at radius 2 is 2.18 bits per heavy atom. The third kappa shape index (κ3) is 4.07. The van der Waals surface area contributed by atoms with Gasteiger partial charge < -0.3 is 5.73 Å². The molecular weight excluding hydrogens is 232 g/mol. The molecule has 0 saturated carbocycles. The maximum absolute atomic E-state index is 5.68. The van der Waals surface area contributed by atoms with E-state index in [-0.39, 0.29) is 0 Å². The molecule has 0 bridgehead atoms. The molecule has 0 aromatic carbocycles. The molecule has 1 aromatic heterocycles. The van der Waals surface area contributed by atoms with E-state index in [4.69, 9.17) is 18.0 Å². The van der Waals surface area contributed by atoms with E-state index in [9.17, 15) is 0 Å². The third-order valence-electron chi connectivity index (χ3n) is 2.75. The minimum Gasteiger partial charge on any atom is -0.388 e. The summed E-state index contributed by atoms with van der Waals surface area (Å²) in [6.45, 7) is 7.49. The van der Waals surface area contributed by atoms with Crippen LogP contribution in [0.1, 0.15) is 51.4 Å². The van der Waals surface area contributed by atoms with Crippen LogP contribution >= 0.6 is 12.2 Å². The van der Waals surface area contributed by atoms with Gasteiger partial charge in [0.1, 0.15) is 10.7 Å². The van der Waals surface area contributed by atoms with Crippen LogP contribution in [0.15, 0.2) is 0 Å². The van der Waals surface area contributed by atoms with Gasteiger partial charge in [0.05, 0.1) is 5.69 Å². The Balaban J connectivity index is 2.85. The molecule has 0 aliphatic carbocycles. The number of aromatic nitrogens is 3. The number of nitrogens with two attached hydrogens (primary N) is 1. The van der Waals surface area contributed by atoms with Gasteiger partial charge in [-0.25, -0.2) is 4.68 Å². The lowest BCUT2D eigenvalue weighted by atomic mass is 10.1. The molecule has 5 heteroatoms. The van der Waals surface area contributed by atoms with Gasteiger partial charge in [0.2, 0.25) is 0 Å². The Labute approximate surface area is 109 Å². The summed E-state index contributed by atoms with van der Waals surface area (Å²) in [6.07, 6.45) is 4.30. The number of thiocarbonyl (C=S) groups is 1. The zero-order valence-electron chi connectivity index (χ0n) is 10.9. The highest BCUT2D eigenvalue weighted by Crippen LogP contribution is 2.13. The standard InChI is InChI=1S/C12H22N4S/c1-4-5-8-16-10(7-6-9(2)3)11(12(13)17)14-15-16/h9H,4-8H2,1-3H3,(H2,13,17). The first kappa shape index (κ1) is 14.1. The highest BCUT2D eigenvalue weighted by molar-refractivity contribution is 7.80. The molecule has 96 valence electrons. The zero-order valence-corrected chi connectivity index (χ0v) is 11.8. The van der Waals surface area contributed by atoms with Crippen molar-refractivity contribution < 1.29 is 0 Å². The Bertz CT molecular complexity index is 371. The van der Waals surface area contributed by atoms with Crippen molar-refractivity contribution in [2.75, 3.05) is 0 Å². The topological polar surface area (TPSA) is 56.7 Å². The molecule has 1 heterocycles. The Morgan fingerprint density at radius 1 is 1.47 bits per heavy atom. The summed E-state index contributed by atoms with van der Waals surface area (Å²) in [5, 5.41) is 8.25. The van der Waals surface area contributed by atoms with Crippen LogP contribution in [0.5, 0.6) is 0 Å². The van der Waals surface area contributed by atoms with Gasteiger partial charge >= 0.3 is 0 Å². The second kappa shape index (κ2) is 6.69. The van der Waals surface area contributed by atoms with Crippen molar-refractivity contribution in [3.8, 4) is 0 Å². The largest absolute Gasteiger partial charge is 0.388 e. The van der Waals surface area contributed by atoms with Gasteiger partial charge in [-0.2, -0.15) is 0 Å². The minimum absolute atomic E-state index is 0.353. The van der Waals surface area contributed by atoms with Gasteiger partial charge in [0.25, 0.3) is 0 Å². The Hall–Kier alpha value is -0.970. The summed E-state index contributed by atoms with van der Waals surface area (Å²) in [5.74, 6) is 0.656. The fourth-order valence-electron chi connectivity index (χ4n) is 1.68. The molecule has 1 aromatic rings. The average Bonchev–Trinajstić information content (AvgIpc) is 2.66. The van der Waals surface area contributed by atoms with Gasteiger partial charge in [0, 0.05) is 6.54 Å². The summed E-state index contributed by atoms with van der Waals surface area (Å²) < 4.78 is 1.96. The van der Waals surface area contributed by atoms with E-state index in [1.807, 2.05) is 4.68 Å². The lowest BCUT2D eigenvalue weighted by Gasteiger charge is -2.08. The fourth-order valence-corrected chi connectivity index (χ4v) is 1.84. The fraction of sp³-hybridized carbons (Fsp3) is 0.750. The number of unbranched alkanes of at least 4 members (excludes halogenated alkanes) is 1. The molecule has 0 radical (unpaired) electrons. The van der Waals surface area contributed by atoms with Gasteiger partial charge in [-0.15, -0.1) is 5.10 Å². The van der Waals surface area contributed by atoms with Crippen LogP contribution in [0.3, 0.4) is 0 Å². The lowest BCUT2D eigenvalue weighted by Crippen LogP contribution is -2.15. The maximum atomic E-state index is 5.68. The first-order chi connectivity index (χ1) is 8.06. The van der Waals surface area contributed by atoms with E-state index in [2.05, 4.69) is 31.1 Å². The molecule has 0 amide bonds. The maximum Gasteiger partial charge on any atom is 0.143 e. The van der Waals surface area contributed by atoms with Crippen LogP contribution in [-0.4, -0.2) is 20.0 Å². The molecule has 17 heavy (non-hydrogen) atoms. The minimum atomic E-state index is 0.353. The highest BCUT2D eigenvalue weighted by Gasteiger charge is 2.14. The van der Waals surface area contributed by atoms with Gasteiger partial charge in [-0.1, -0.05) is 44.6 Å². The molecule has 0 fully saturated rings. The highest BCUT2D eigenvalue weighted by atomic mass is 32.1. The van der Waals surface area contributed by atoms with Crippen molar-refractivity contribution in [1.29, 1.82) is 0 Å². The monoisotopic (exact) mass is 254 g/mol. The number of hydrogen-bond donors (Lipinski definition) is 1. The molecule has 2 N–H and O–H groups in total. The normalized spacial score (nSPS) is 11.1. The zero-order chi connectivity index (χ0) is 12.8. The molecule has 0 saturated heterocycles. The van der Waals surface area contributed by atoms with Crippen LogP contribution in [-0.2, 0) is 13.0 Å². The molecule has 0 aliphatic heterocycles. The molecule has 0 atom stereocenters. The SMILES string of the molecule is CCCCn1nnc(C(N)=S)c1CCC(C)C. The number of nitrogens with zero attached hydrogens (tertiary/aromatic N) is 3. The van der Waals surface area contributed by atoms with Gasteiger partial charge in [-0.3, -0.25) is 0 Å². The van der Waals surface area contributed by atoms with Gasteiger partial charge in [-0.05, 0) is 25.2 Å². The van der Waals surface area contributed by atoms with E-state index >= 15 is 0 Å².